The Morgan fingerprint density at radius 2 is 1.93 bits per heavy atom. The molecule has 29 heavy (non-hydrogen) atoms. The number of benzene rings is 2. The van der Waals surface area contributed by atoms with Gasteiger partial charge in [-0.2, -0.15) is 0 Å². The lowest BCUT2D eigenvalue weighted by molar-refractivity contribution is 0.627. The third-order valence-corrected chi connectivity index (χ3v) is 5.56. The van der Waals surface area contributed by atoms with Crippen molar-refractivity contribution in [1.82, 2.24) is 19.5 Å². The largest absolute Gasteiger partial charge is 0.340 e. The van der Waals surface area contributed by atoms with Crippen LogP contribution in [0.15, 0.2) is 55.0 Å². The number of halogens is 1. The van der Waals surface area contributed by atoms with Gasteiger partial charge >= 0.3 is 0 Å². The fourth-order valence-corrected chi connectivity index (χ4v) is 3.90. The summed E-state index contributed by atoms with van der Waals surface area (Å²) in [5, 5.41) is 3.44. The number of aromatic nitrogens is 4. The van der Waals surface area contributed by atoms with Crippen LogP contribution in [0.1, 0.15) is 17.0 Å². The molecule has 0 bridgehead atoms. The number of nitrogens with zero attached hydrogens (tertiary/aromatic N) is 4. The number of imidazole rings is 1. The normalized spacial score (nSPS) is 12.4. The van der Waals surface area contributed by atoms with Crippen LogP contribution in [0.2, 0.25) is 0 Å². The van der Waals surface area contributed by atoms with Crippen LogP contribution < -0.4 is 5.32 Å². The van der Waals surface area contributed by atoms with Gasteiger partial charge in [0.05, 0.1) is 17.6 Å². The van der Waals surface area contributed by atoms with Gasteiger partial charge in [-0.05, 0) is 49.6 Å². The molecule has 6 heteroatoms. The zero-order valence-corrected chi connectivity index (χ0v) is 16.3. The van der Waals surface area contributed by atoms with Gasteiger partial charge in [0, 0.05) is 29.4 Å². The second-order valence-electron chi connectivity index (χ2n) is 7.31. The molecule has 0 spiro atoms. The first-order valence-corrected chi connectivity index (χ1v) is 9.58. The van der Waals surface area contributed by atoms with E-state index in [1.54, 1.807) is 6.07 Å². The van der Waals surface area contributed by atoms with E-state index in [-0.39, 0.29) is 5.82 Å². The number of aryl methyl sites for hydroxylation is 2. The molecular weight excluding hydrogens is 365 g/mol. The molecule has 0 fully saturated rings. The molecular formula is C23H20FN5. The number of anilines is 2. The lowest BCUT2D eigenvalue weighted by Gasteiger charge is -2.21. The van der Waals surface area contributed by atoms with Gasteiger partial charge in [0.1, 0.15) is 23.8 Å². The van der Waals surface area contributed by atoms with E-state index in [9.17, 15) is 4.39 Å². The van der Waals surface area contributed by atoms with E-state index >= 15 is 0 Å². The highest BCUT2D eigenvalue weighted by Gasteiger charge is 2.21. The van der Waals surface area contributed by atoms with Crippen LogP contribution in [0.4, 0.5) is 15.9 Å². The van der Waals surface area contributed by atoms with Gasteiger partial charge in [-0.3, -0.25) is 0 Å². The molecule has 1 aliphatic carbocycles. The van der Waals surface area contributed by atoms with E-state index < -0.39 is 0 Å². The molecule has 0 amide bonds. The van der Waals surface area contributed by atoms with E-state index in [1.165, 1.54) is 12.4 Å². The molecule has 0 atom stereocenters. The van der Waals surface area contributed by atoms with Gasteiger partial charge in [0.25, 0.3) is 0 Å². The summed E-state index contributed by atoms with van der Waals surface area (Å²) in [6.45, 7) is 1.99. The molecule has 144 valence electrons. The van der Waals surface area contributed by atoms with Gasteiger partial charge in [-0.15, -0.1) is 0 Å². The van der Waals surface area contributed by atoms with Crippen molar-refractivity contribution in [1.29, 1.82) is 0 Å². The molecule has 0 unspecified atom stereocenters. The number of hydrogen-bond donors (Lipinski definition) is 1. The topological polar surface area (TPSA) is 55.6 Å². The standard InChI is InChI=1S/C23H20FN5/c1-14-25-12-21(29(14)2)16-4-3-5-18(10-16)28-23-19-9-7-15-6-8-17(24)11-20(15)22(19)26-13-27-23/h3-6,8,10-13H,7,9H2,1-2H3,(H,26,27,28). The summed E-state index contributed by atoms with van der Waals surface area (Å²) >= 11 is 0. The Morgan fingerprint density at radius 1 is 1.03 bits per heavy atom. The first-order valence-electron chi connectivity index (χ1n) is 9.58. The predicted molar refractivity (Wildman–Crippen MR) is 111 cm³/mol. The first-order chi connectivity index (χ1) is 14.1. The zero-order valence-electron chi connectivity index (χ0n) is 16.3. The van der Waals surface area contributed by atoms with Crippen molar-refractivity contribution in [2.75, 3.05) is 5.32 Å². The average molecular weight is 385 g/mol. The minimum absolute atomic E-state index is 0.246. The maximum Gasteiger partial charge on any atom is 0.137 e. The van der Waals surface area contributed by atoms with Gasteiger partial charge in [-0.25, -0.2) is 19.3 Å². The number of nitrogens with one attached hydrogen (secondary N) is 1. The molecule has 0 saturated heterocycles. The van der Waals surface area contributed by atoms with Crippen molar-refractivity contribution in [2.24, 2.45) is 7.05 Å². The number of rotatable bonds is 3. The Balaban J connectivity index is 1.52. The predicted octanol–water partition coefficient (Wildman–Crippen LogP) is 4.83. The van der Waals surface area contributed by atoms with Crippen molar-refractivity contribution < 1.29 is 4.39 Å². The quantitative estimate of drug-likeness (QED) is 0.549. The van der Waals surface area contributed by atoms with Crippen LogP contribution in [-0.4, -0.2) is 19.5 Å². The third kappa shape index (κ3) is 3.06. The Morgan fingerprint density at radius 3 is 2.76 bits per heavy atom. The first kappa shape index (κ1) is 17.6. The Kier molecular flexibility index (Phi) is 4.12. The van der Waals surface area contributed by atoms with Crippen molar-refractivity contribution >= 4 is 11.5 Å². The zero-order chi connectivity index (χ0) is 20.0. The Labute approximate surface area is 168 Å². The summed E-state index contributed by atoms with van der Waals surface area (Å²) in [4.78, 5) is 13.3. The summed E-state index contributed by atoms with van der Waals surface area (Å²) in [5.74, 6) is 1.49. The molecule has 0 radical (unpaired) electrons. The molecule has 2 aromatic heterocycles. The van der Waals surface area contributed by atoms with Crippen LogP contribution in [-0.2, 0) is 19.9 Å². The Hall–Kier alpha value is -3.54. The third-order valence-electron chi connectivity index (χ3n) is 5.56. The highest BCUT2D eigenvalue weighted by molar-refractivity contribution is 5.76. The smallest absolute Gasteiger partial charge is 0.137 e. The number of fused-ring (bicyclic) bond motifs is 3. The van der Waals surface area contributed by atoms with Crippen molar-refractivity contribution in [3.63, 3.8) is 0 Å². The SMILES string of the molecule is Cc1ncc(-c2cccc(Nc3ncnc4c3CCc3ccc(F)cc3-4)c2)n1C. The fourth-order valence-electron chi connectivity index (χ4n) is 3.90. The van der Waals surface area contributed by atoms with E-state index in [1.807, 2.05) is 38.4 Å². The van der Waals surface area contributed by atoms with Crippen molar-refractivity contribution in [3.05, 3.63) is 77.8 Å². The van der Waals surface area contributed by atoms with E-state index in [4.69, 9.17) is 0 Å². The highest BCUT2D eigenvalue weighted by atomic mass is 19.1. The van der Waals surface area contributed by atoms with Crippen LogP contribution in [0, 0.1) is 12.7 Å². The maximum absolute atomic E-state index is 13.8. The summed E-state index contributed by atoms with van der Waals surface area (Å²) < 4.78 is 15.9. The monoisotopic (exact) mass is 385 g/mol. The highest BCUT2D eigenvalue weighted by Crippen LogP contribution is 2.36. The van der Waals surface area contributed by atoms with Crippen LogP contribution >= 0.6 is 0 Å². The van der Waals surface area contributed by atoms with Crippen molar-refractivity contribution in [2.45, 2.75) is 19.8 Å². The minimum atomic E-state index is -0.246. The van der Waals surface area contributed by atoms with Gasteiger partial charge in [-0.1, -0.05) is 18.2 Å². The molecule has 1 N–H and O–H groups in total. The lowest BCUT2D eigenvalue weighted by atomic mass is 9.89. The van der Waals surface area contributed by atoms with Gasteiger partial charge in [0.2, 0.25) is 0 Å². The lowest BCUT2D eigenvalue weighted by Crippen LogP contribution is -2.10. The molecule has 2 heterocycles. The molecule has 0 saturated carbocycles. The molecule has 0 aliphatic heterocycles. The minimum Gasteiger partial charge on any atom is -0.340 e. The molecule has 5 rings (SSSR count). The number of hydrogen-bond acceptors (Lipinski definition) is 4. The Bertz CT molecular complexity index is 1230. The maximum atomic E-state index is 13.8. The molecule has 5 nitrogen and oxygen atoms in total. The summed E-state index contributed by atoms with van der Waals surface area (Å²) in [5.41, 5.74) is 6.88. The van der Waals surface area contributed by atoms with E-state index in [0.717, 1.165) is 63.8 Å². The second-order valence-corrected chi connectivity index (χ2v) is 7.31. The van der Waals surface area contributed by atoms with E-state index in [0.29, 0.717) is 0 Å². The van der Waals surface area contributed by atoms with Crippen molar-refractivity contribution in [3.8, 4) is 22.5 Å². The van der Waals surface area contributed by atoms with Gasteiger partial charge < -0.3 is 9.88 Å². The molecule has 1 aliphatic rings. The van der Waals surface area contributed by atoms with Crippen LogP contribution in [0.3, 0.4) is 0 Å². The average Bonchev–Trinajstić information content (AvgIpc) is 3.07. The van der Waals surface area contributed by atoms with Gasteiger partial charge in [0.15, 0.2) is 0 Å². The summed E-state index contributed by atoms with van der Waals surface area (Å²) in [6, 6.07) is 13.1. The fraction of sp³-hybridized carbons (Fsp3) is 0.174. The van der Waals surface area contributed by atoms with Crippen LogP contribution in [0.25, 0.3) is 22.5 Å². The summed E-state index contributed by atoms with van der Waals surface area (Å²) in [6.07, 6.45) is 5.08. The summed E-state index contributed by atoms with van der Waals surface area (Å²) in [7, 11) is 2.01. The molecule has 2 aromatic carbocycles. The second kappa shape index (κ2) is 6.81. The van der Waals surface area contributed by atoms with Crippen LogP contribution in [0.5, 0.6) is 0 Å². The molecule has 4 aromatic rings. The van der Waals surface area contributed by atoms with E-state index in [2.05, 4.69) is 37.0 Å².